The van der Waals surface area contributed by atoms with E-state index in [0.29, 0.717) is 31.6 Å². The van der Waals surface area contributed by atoms with Crippen molar-refractivity contribution in [2.24, 2.45) is 5.92 Å². The molecule has 1 aromatic rings. The molecule has 2 heterocycles. The number of carbonyl (C=O) groups is 1. The van der Waals surface area contributed by atoms with E-state index < -0.39 is 11.7 Å². The molecule has 3 nitrogen and oxygen atoms in total. The van der Waals surface area contributed by atoms with Gasteiger partial charge in [0.1, 0.15) is 5.78 Å². The first kappa shape index (κ1) is 15.5. The Hall–Kier alpha value is -1.40. The van der Waals surface area contributed by atoms with Crippen molar-refractivity contribution in [3.63, 3.8) is 0 Å². The number of rotatable bonds is 3. The van der Waals surface area contributed by atoms with Gasteiger partial charge in [-0.05, 0) is 24.5 Å². The van der Waals surface area contributed by atoms with Gasteiger partial charge in [-0.15, -0.1) is 0 Å². The Morgan fingerprint density at radius 2 is 1.91 bits per heavy atom. The van der Waals surface area contributed by atoms with Crippen molar-refractivity contribution in [1.82, 2.24) is 5.32 Å². The number of nitrogens with one attached hydrogen (secondary N) is 1. The Bertz CT molecular complexity index is 547. The molecule has 0 spiro atoms. The Balaban J connectivity index is 1.67. The molecule has 0 aliphatic carbocycles. The zero-order chi connectivity index (χ0) is 15.7. The Morgan fingerprint density at radius 1 is 1.23 bits per heavy atom. The molecule has 2 aliphatic rings. The first-order valence-corrected chi connectivity index (χ1v) is 7.44. The van der Waals surface area contributed by atoms with E-state index in [2.05, 4.69) is 5.32 Å². The summed E-state index contributed by atoms with van der Waals surface area (Å²) in [4.78, 5) is 12.4. The quantitative estimate of drug-likeness (QED) is 0.932. The van der Waals surface area contributed by atoms with Gasteiger partial charge in [0, 0.05) is 24.4 Å². The summed E-state index contributed by atoms with van der Waals surface area (Å²) < 4.78 is 43.6. The number of ketones is 1. The predicted octanol–water partition coefficient (Wildman–Crippen LogP) is 2.58. The lowest BCUT2D eigenvalue weighted by Gasteiger charge is -2.39. The minimum absolute atomic E-state index is 0.0257. The minimum atomic E-state index is -4.37. The Labute approximate surface area is 126 Å². The fourth-order valence-electron chi connectivity index (χ4n) is 3.30. The SMILES string of the molecule is O=C(Cc1cccc(C(F)(F)F)c1)C1CC2COCC(C1)N2. The van der Waals surface area contributed by atoms with Crippen LogP contribution in [0.3, 0.4) is 0 Å². The monoisotopic (exact) mass is 313 g/mol. The Morgan fingerprint density at radius 3 is 2.55 bits per heavy atom. The van der Waals surface area contributed by atoms with Crippen LogP contribution in [0.5, 0.6) is 0 Å². The number of ether oxygens (including phenoxy) is 1. The molecule has 2 fully saturated rings. The van der Waals surface area contributed by atoms with Crippen LogP contribution < -0.4 is 5.32 Å². The van der Waals surface area contributed by atoms with Crippen molar-refractivity contribution in [2.45, 2.75) is 37.5 Å². The number of benzene rings is 1. The average molecular weight is 313 g/mol. The molecule has 1 aromatic carbocycles. The van der Waals surface area contributed by atoms with Crippen molar-refractivity contribution in [3.05, 3.63) is 35.4 Å². The van der Waals surface area contributed by atoms with E-state index >= 15 is 0 Å². The van der Waals surface area contributed by atoms with Crippen LogP contribution >= 0.6 is 0 Å². The first-order valence-electron chi connectivity index (χ1n) is 7.44. The molecule has 1 N–H and O–H groups in total. The molecule has 0 amide bonds. The number of alkyl halides is 3. The smallest absolute Gasteiger partial charge is 0.378 e. The van der Waals surface area contributed by atoms with E-state index in [1.165, 1.54) is 6.07 Å². The van der Waals surface area contributed by atoms with Gasteiger partial charge >= 0.3 is 6.18 Å². The van der Waals surface area contributed by atoms with Crippen LogP contribution in [0.1, 0.15) is 24.0 Å². The number of fused-ring (bicyclic) bond motifs is 2. The Kier molecular flexibility index (Phi) is 4.23. The lowest BCUT2D eigenvalue weighted by atomic mass is 9.82. The zero-order valence-corrected chi connectivity index (χ0v) is 12.0. The molecular formula is C16H18F3NO2. The second-order valence-electron chi connectivity index (χ2n) is 6.11. The van der Waals surface area contributed by atoms with Crippen molar-refractivity contribution in [1.29, 1.82) is 0 Å². The number of carbonyl (C=O) groups excluding carboxylic acids is 1. The summed E-state index contributed by atoms with van der Waals surface area (Å²) in [7, 11) is 0. The summed E-state index contributed by atoms with van der Waals surface area (Å²) in [5, 5.41) is 3.40. The van der Waals surface area contributed by atoms with Gasteiger partial charge in [-0.3, -0.25) is 4.79 Å². The topological polar surface area (TPSA) is 38.3 Å². The third kappa shape index (κ3) is 3.50. The second-order valence-corrected chi connectivity index (χ2v) is 6.11. The largest absolute Gasteiger partial charge is 0.416 e. The molecule has 2 atom stereocenters. The maximum Gasteiger partial charge on any atom is 0.416 e. The fraction of sp³-hybridized carbons (Fsp3) is 0.562. The van der Waals surface area contributed by atoms with Gasteiger partial charge in [0.2, 0.25) is 0 Å². The summed E-state index contributed by atoms with van der Waals surface area (Å²) >= 11 is 0. The predicted molar refractivity (Wildman–Crippen MR) is 74.4 cm³/mol. The van der Waals surface area contributed by atoms with Crippen molar-refractivity contribution in [2.75, 3.05) is 13.2 Å². The number of Topliss-reactive ketones (excluding diaryl/α,β-unsaturated/α-hetero) is 1. The molecule has 2 unspecified atom stereocenters. The summed E-state index contributed by atoms with van der Waals surface area (Å²) in [6.45, 7) is 1.20. The molecule has 0 radical (unpaired) electrons. The van der Waals surface area contributed by atoms with Crippen LogP contribution in [0.4, 0.5) is 13.2 Å². The van der Waals surface area contributed by atoms with Gasteiger partial charge in [0.05, 0.1) is 18.8 Å². The number of halogens is 3. The summed E-state index contributed by atoms with van der Waals surface area (Å²) in [5.41, 5.74) is -0.270. The van der Waals surface area contributed by atoms with E-state index in [1.54, 1.807) is 6.07 Å². The molecule has 2 bridgehead atoms. The fourth-order valence-corrected chi connectivity index (χ4v) is 3.30. The molecule has 120 valence electrons. The third-order valence-electron chi connectivity index (χ3n) is 4.34. The molecule has 3 rings (SSSR count). The molecule has 2 aliphatic heterocycles. The number of morpholine rings is 1. The van der Waals surface area contributed by atoms with Crippen molar-refractivity contribution in [3.8, 4) is 0 Å². The van der Waals surface area contributed by atoms with Gasteiger partial charge in [0.15, 0.2) is 0 Å². The normalized spacial score (nSPS) is 28.4. The molecule has 0 saturated carbocycles. The lowest BCUT2D eigenvalue weighted by molar-refractivity contribution is -0.137. The van der Waals surface area contributed by atoms with Gasteiger partial charge in [-0.2, -0.15) is 13.2 Å². The number of piperidine rings is 1. The van der Waals surface area contributed by atoms with Gasteiger partial charge in [-0.1, -0.05) is 18.2 Å². The van der Waals surface area contributed by atoms with Crippen LogP contribution in [0, 0.1) is 5.92 Å². The van der Waals surface area contributed by atoms with E-state index in [1.807, 2.05) is 0 Å². The van der Waals surface area contributed by atoms with Crippen LogP contribution in [-0.2, 0) is 22.1 Å². The highest BCUT2D eigenvalue weighted by molar-refractivity contribution is 5.83. The molecular weight excluding hydrogens is 295 g/mol. The molecule has 2 saturated heterocycles. The van der Waals surface area contributed by atoms with E-state index in [9.17, 15) is 18.0 Å². The first-order chi connectivity index (χ1) is 10.4. The zero-order valence-electron chi connectivity index (χ0n) is 12.0. The average Bonchev–Trinajstić information content (AvgIpc) is 2.46. The maximum absolute atomic E-state index is 12.7. The third-order valence-corrected chi connectivity index (χ3v) is 4.34. The highest BCUT2D eigenvalue weighted by Crippen LogP contribution is 2.30. The maximum atomic E-state index is 12.7. The second kappa shape index (κ2) is 6.01. The van der Waals surface area contributed by atoms with Crippen molar-refractivity contribution < 1.29 is 22.7 Å². The molecule has 22 heavy (non-hydrogen) atoms. The van der Waals surface area contributed by atoms with Crippen molar-refractivity contribution >= 4 is 5.78 Å². The summed E-state index contributed by atoms with van der Waals surface area (Å²) in [6, 6.07) is 5.41. The summed E-state index contributed by atoms with van der Waals surface area (Å²) in [5.74, 6) is -0.0626. The number of hydrogen-bond donors (Lipinski definition) is 1. The standard InChI is InChI=1S/C16H18F3NO2/c17-16(18,19)12-3-1-2-10(4-12)5-15(21)11-6-13-8-22-9-14(7-11)20-13/h1-4,11,13-14,20H,5-9H2. The summed E-state index contributed by atoms with van der Waals surface area (Å²) in [6.07, 6.45) is -2.90. The van der Waals surface area contributed by atoms with Gasteiger partial charge in [0.25, 0.3) is 0 Å². The van der Waals surface area contributed by atoms with Crippen LogP contribution in [0.15, 0.2) is 24.3 Å². The van der Waals surface area contributed by atoms with Gasteiger partial charge < -0.3 is 10.1 Å². The minimum Gasteiger partial charge on any atom is -0.378 e. The highest BCUT2D eigenvalue weighted by atomic mass is 19.4. The molecule has 6 heteroatoms. The van der Waals surface area contributed by atoms with E-state index in [0.717, 1.165) is 12.1 Å². The van der Waals surface area contributed by atoms with Crippen LogP contribution in [-0.4, -0.2) is 31.1 Å². The van der Waals surface area contributed by atoms with E-state index in [4.69, 9.17) is 4.74 Å². The van der Waals surface area contributed by atoms with Gasteiger partial charge in [-0.25, -0.2) is 0 Å². The number of hydrogen-bond acceptors (Lipinski definition) is 3. The van der Waals surface area contributed by atoms with E-state index in [-0.39, 0.29) is 30.2 Å². The molecule has 0 aromatic heterocycles. The van der Waals surface area contributed by atoms with Crippen LogP contribution in [0.25, 0.3) is 0 Å². The lowest BCUT2D eigenvalue weighted by Crippen LogP contribution is -2.55. The highest BCUT2D eigenvalue weighted by Gasteiger charge is 2.35. The van der Waals surface area contributed by atoms with Crippen LogP contribution in [0.2, 0.25) is 0 Å².